The van der Waals surface area contributed by atoms with E-state index in [-0.39, 0.29) is 0 Å². The van der Waals surface area contributed by atoms with E-state index >= 15 is 0 Å². The number of allylic oxidation sites excluding steroid dienone is 1. The van der Waals surface area contributed by atoms with Gasteiger partial charge in [0.1, 0.15) is 0 Å². The molecule has 0 amide bonds. The third-order valence-corrected chi connectivity index (χ3v) is 6.78. The van der Waals surface area contributed by atoms with E-state index < -0.39 is 0 Å². The fourth-order valence-corrected chi connectivity index (χ4v) is 4.62. The van der Waals surface area contributed by atoms with Crippen LogP contribution >= 0.6 is 0 Å². The molecule has 0 aliphatic carbocycles. The van der Waals surface area contributed by atoms with Gasteiger partial charge in [-0.3, -0.25) is 0 Å². The molecule has 0 fully saturated rings. The van der Waals surface area contributed by atoms with Crippen molar-refractivity contribution < 1.29 is 4.48 Å². The van der Waals surface area contributed by atoms with Gasteiger partial charge in [-0.05, 0) is 18.9 Å². The summed E-state index contributed by atoms with van der Waals surface area (Å²) in [4.78, 5) is 0. The summed E-state index contributed by atoms with van der Waals surface area (Å²) in [6.07, 6.45) is 41.1. The standard InChI is InChI=1S/C31H64N/c1-5-6-7-8-9-10-11-12-13-14-15-16-17-18-19-20-21-22-23-24-25-26-27-28-29-30-31-32(2,3)4/h30-31H,5-29H2,1-4H3/q+1. The molecular weight excluding hydrogens is 386 g/mol. The van der Waals surface area contributed by atoms with Crippen molar-refractivity contribution in [3.63, 3.8) is 0 Å². The van der Waals surface area contributed by atoms with Crippen LogP contribution in [0.25, 0.3) is 0 Å². The molecule has 0 bridgehead atoms. The molecule has 0 N–H and O–H groups in total. The summed E-state index contributed by atoms with van der Waals surface area (Å²) in [7, 11) is 6.66. The lowest BCUT2D eigenvalue weighted by Crippen LogP contribution is -2.26. The molecule has 0 saturated carbocycles. The number of quaternary nitrogens is 1. The SMILES string of the molecule is CCCCCCCCCCCCCCCCCCCCCCCCCCC=C[N+](C)(C)C. The molecule has 0 unspecified atom stereocenters. The molecule has 192 valence electrons. The Morgan fingerprint density at radius 1 is 0.375 bits per heavy atom. The smallest absolute Gasteiger partial charge is 0.0911 e. The summed E-state index contributed by atoms with van der Waals surface area (Å²) in [6.45, 7) is 2.30. The lowest BCUT2D eigenvalue weighted by atomic mass is 10.0. The molecule has 0 aromatic rings. The van der Waals surface area contributed by atoms with Crippen LogP contribution in [0.3, 0.4) is 0 Å². The van der Waals surface area contributed by atoms with Crippen LogP contribution in [-0.2, 0) is 0 Å². The minimum atomic E-state index is 0.944. The predicted octanol–water partition coefficient (Wildman–Crippen LogP) is 11.0. The summed E-state index contributed by atoms with van der Waals surface area (Å²) in [5.74, 6) is 0. The van der Waals surface area contributed by atoms with Crippen LogP contribution in [0.15, 0.2) is 12.3 Å². The largest absolute Gasteiger partial charge is 0.305 e. The quantitative estimate of drug-likeness (QED) is 0.0907. The second-order valence-electron chi connectivity index (χ2n) is 11.4. The van der Waals surface area contributed by atoms with Gasteiger partial charge >= 0.3 is 0 Å². The third-order valence-electron chi connectivity index (χ3n) is 6.78. The van der Waals surface area contributed by atoms with Gasteiger partial charge in [-0.25, -0.2) is 0 Å². The Morgan fingerprint density at radius 3 is 0.875 bits per heavy atom. The molecule has 32 heavy (non-hydrogen) atoms. The first kappa shape index (κ1) is 31.7. The van der Waals surface area contributed by atoms with E-state index in [4.69, 9.17) is 0 Å². The van der Waals surface area contributed by atoms with E-state index in [9.17, 15) is 0 Å². The Kier molecular flexibility index (Phi) is 25.1. The molecule has 1 heteroatoms. The average molecular weight is 451 g/mol. The van der Waals surface area contributed by atoms with Gasteiger partial charge in [0.2, 0.25) is 0 Å². The second kappa shape index (κ2) is 25.3. The first-order valence-electron chi connectivity index (χ1n) is 15.0. The Morgan fingerprint density at radius 2 is 0.625 bits per heavy atom. The summed E-state index contributed by atoms with van der Waals surface area (Å²) in [5, 5.41) is 0. The van der Waals surface area contributed by atoms with Crippen LogP contribution in [0.5, 0.6) is 0 Å². The maximum absolute atomic E-state index is 2.36. The number of hydrogen-bond donors (Lipinski definition) is 0. The van der Waals surface area contributed by atoms with E-state index in [1.807, 2.05) is 0 Å². The molecule has 0 rings (SSSR count). The van der Waals surface area contributed by atoms with Gasteiger partial charge in [0.15, 0.2) is 0 Å². The molecule has 0 aliphatic heterocycles. The topological polar surface area (TPSA) is 0 Å². The molecule has 0 heterocycles. The first-order valence-corrected chi connectivity index (χ1v) is 15.0. The second-order valence-corrected chi connectivity index (χ2v) is 11.4. The van der Waals surface area contributed by atoms with E-state index in [0.29, 0.717) is 0 Å². The number of rotatable bonds is 26. The number of nitrogens with zero attached hydrogens (tertiary/aromatic N) is 1. The van der Waals surface area contributed by atoms with Crippen LogP contribution in [0.1, 0.15) is 167 Å². The third kappa shape index (κ3) is 29.7. The van der Waals surface area contributed by atoms with Crippen LogP contribution < -0.4 is 0 Å². The van der Waals surface area contributed by atoms with Crippen LogP contribution in [-0.4, -0.2) is 25.6 Å². The number of hydrogen-bond acceptors (Lipinski definition) is 0. The predicted molar refractivity (Wildman–Crippen MR) is 148 cm³/mol. The van der Waals surface area contributed by atoms with Gasteiger partial charge in [-0.2, -0.15) is 0 Å². The number of unbranched alkanes of at least 4 members (excludes halogenated alkanes) is 24. The van der Waals surface area contributed by atoms with Crippen LogP contribution in [0.2, 0.25) is 0 Å². The zero-order valence-corrected chi connectivity index (χ0v) is 23.3. The highest BCUT2D eigenvalue weighted by Gasteiger charge is 1.99. The lowest BCUT2D eigenvalue weighted by Gasteiger charge is -2.17. The Hall–Kier alpha value is -0.300. The van der Waals surface area contributed by atoms with Crippen molar-refractivity contribution in [3.8, 4) is 0 Å². The van der Waals surface area contributed by atoms with E-state index in [1.165, 1.54) is 161 Å². The normalized spacial score (nSPS) is 12.2. The first-order chi connectivity index (χ1) is 15.6. The summed E-state index contributed by atoms with van der Waals surface area (Å²) in [5.41, 5.74) is 0. The van der Waals surface area contributed by atoms with Gasteiger partial charge in [-0.15, -0.1) is 0 Å². The Bertz CT molecular complexity index is 365. The molecule has 0 atom stereocenters. The van der Waals surface area contributed by atoms with Crippen LogP contribution in [0, 0.1) is 0 Å². The lowest BCUT2D eigenvalue weighted by molar-refractivity contribution is -0.817. The van der Waals surface area contributed by atoms with Crippen molar-refractivity contribution >= 4 is 0 Å². The summed E-state index contributed by atoms with van der Waals surface area (Å²) >= 11 is 0. The van der Waals surface area contributed by atoms with Gasteiger partial charge in [0.05, 0.1) is 27.3 Å². The highest BCUT2D eigenvalue weighted by Crippen LogP contribution is 2.15. The molecular formula is C31H64N+. The fraction of sp³-hybridized carbons (Fsp3) is 0.935. The molecule has 0 aromatic heterocycles. The molecule has 0 aliphatic rings. The van der Waals surface area contributed by atoms with Crippen molar-refractivity contribution in [1.29, 1.82) is 0 Å². The van der Waals surface area contributed by atoms with E-state index in [2.05, 4.69) is 40.3 Å². The Balaban J connectivity index is 3.06. The highest BCUT2D eigenvalue weighted by molar-refractivity contribution is 4.73. The summed E-state index contributed by atoms with van der Waals surface area (Å²) in [6, 6.07) is 0. The van der Waals surface area contributed by atoms with Crippen molar-refractivity contribution in [2.24, 2.45) is 0 Å². The van der Waals surface area contributed by atoms with Crippen LogP contribution in [0.4, 0.5) is 0 Å². The molecule has 1 nitrogen and oxygen atoms in total. The van der Waals surface area contributed by atoms with Crippen molar-refractivity contribution in [3.05, 3.63) is 12.3 Å². The van der Waals surface area contributed by atoms with Crippen molar-refractivity contribution in [1.82, 2.24) is 0 Å². The molecule has 0 radical (unpaired) electrons. The zero-order chi connectivity index (χ0) is 23.6. The molecule has 0 aromatic carbocycles. The molecule has 0 saturated heterocycles. The van der Waals surface area contributed by atoms with Gasteiger partial charge in [-0.1, -0.05) is 155 Å². The maximum atomic E-state index is 2.36. The van der Waals surface area contributed by atoms with Gasteiger partial charge < -0.3 is 4.48 Å². The fourth-order valence-electron chi connectivity index (χ4n) is 4.62. The highest BCUT2D eigenvalue weighted by atomic mass is 15.3. The Labute approximate surface area is 205 Å². The van der Waals surface area contributed by atoms with E-state index in [0.717, 1.165) is 4.48 Å². The van der Waals surface area contributed by atoms with Gasteiger partial charge in [0, 0.05) is 0 Å². The monoisotopic (exact) mass is 451 g/mol. The van der Waals surface area contributed by atoms with Gasteiger partial charge in [0.25, 0.3) is 0 Å². The average Bonchev–Trinajstić information content (AvgIpc) is 2.75. The van der Waals surface area contributed by atoms with Crippen molar-refractivity contribution in [2.45, 2.75) is 167 Å². The minimum absolute atomic E-state index is 0.944. The molecule has 0 spiro atoms. The van der Waals surface area contributed by atoms with E-state index in [1.54, 1.807) is 0 Å². The van der Waals surface area contributed by atoms with Crippen molar-refractivity contribution in [2.75, 3.05) is 21.1 Å². The zero-order valence-electron chi connectivity index (χ0n) is 23.3. The minimum Gasteiger partial charge on any atom is -0.305 e. The summed E-state index contributed by atoms with van der Waals surface area (Å²) < 4.78 is 0.944. The maximum Gasteiger partial charge on any atom is 0.0911 e.